The highest BCUT2D eigenvalue weighted by molar-refractivity contribution is 6.01. The fourth-order valence-electron chi connectivity index (χ4n) is 4.82. The van der Waals surface area contributed by atoms with Gasteiger partial charge in [0.25, 0.3) is 5.91 Å². The summed E-state index contributed by atoms with van der Waals surface area (Å²) >= 11 is 0. The normalized spacial score (nSPS) is 14.0. The molecule has 40 heavy (non-hydrogen) atoms. The number of H-pyrrole nitrogens is 1. The van der Waals surface area contributed by atoms with Crippen LogP contribution in [0.3, 0.4) is 0 Å². The highest BCUT2D eigenvalue weighted by Gasteiger charge is 2.26. The summed E-state index contributed by atoms with van der Waals surface area (Å²) in [6.45, 7) is 10.4. The van der Waals surface area contributed by atoms with Crippen molar-refractivity contribution in [3.05, 3.63) is 65.6 Å². The Balaban J connectivity index is 1.46. The Morgan fingerprint density at radius 1 is 1.10 bits per heavy atom. The van der Waals surface area contributed by atoms with E-state index in [1.165, 1.54) is 23.4 Å². The predicted molar refractivity (Wildman–Crippen MR) is 152 cm³/mol. The zero-order chi connectivity index (χ0) is 28.4. The molecule has 1 saturated heterocycles. The largest absolute Gasteiger partial charge is 0.435 e. The van der Waals surface area contributed by atoms with Gasteiger partial charge in [0.05, 0.1) is 5.69 Å². The van der Waals surface area contributed by atoms with Crippen molar-refractivity contribution in [2.45, 2.75) is 20.8 Å². The maximum Gasteiger partial charge on any atom is 0.262 e. The minimum absolute atomic E-state index is 0.0109. The van der Waals surface area contributed by atoms with E-state index in [1.807, 2.05) is 18.7 Å². The number of fused-ring (bicyclic) bond motifs is 1. The number of amides is 1. The standard InChI is InChI=1S/C29H33F2N7O2/c1-5-36(4)29(39)25-27(35-19-7-9-23(21(30)16-19)38-13-11-37(6-2)12-14-38)32-17-33-28(25)40-24-10-8-22-20(26(24)31)15-18(3)34-22/h7-10,15-17,34H,5-6,11-14H2,1-4H3,(H,32,33,35). The van der Waals surface area contributed by atoms with Gasteiger partial charge in [-0.05, 0) is 56.8 Å². The molecular weight excluding hydrogens is 516 g/mol. The second-order valence-corrected chi connectivity index (χ2v) is 9.83. The lowest BCUT2D eigenvalue weighted by Gasteiger charge is -2.35. The number of aromatic nitrogens is 3. The highest BCUT2D eigenvalue weighted by Crippen LogP contribution is 2.34. The van der Waals surface area contributed by atoms with Crippen LogP contribution in [0.5, 0.6) is 11.6 Å². The van der Waals surface area contributed by atoms with Crippen LogP contribution in [0, 0.1) is 18.6 Å². The second kappa shape index (κ2) is 11.5. The Labute approximate surface area is 231 Å². The number of anilines is 3. The van der Waals surface area contributed by atoms with Gasteiger partial charge in [-0.3, -0.25) is 4.79 Å². The van der Waals surface area contributed by atoms with Gasteiger partial charge in [-0.1, -0.05) is 6.92 Å². The summed E-state index contributed by atoms with van der Waals surface area (Å²) in [5.41, 5.74) is 2.38. The van der Waals surface area contributed by atoms with Gasteiger partial charge < -0.3 is 29.7 Å². The van der Waals surface area contributed by atoms with Crippen molar-refractivity contribution < 1.29 is 18.3 Å². The molecule has 0 radical (unpaired) electrons. The molecule has 0 bridgehead atoms. The molecule has 9 nitrogen and oxygen atoms in total. The molecule has 1 aliphatic rings. The molecule has 0 spiro atoms. The van der Waals surface area contributed by atoms with Crippen LogP contribution in [-0.4, -0.2) is 77.0 Å². The fourth-order valence-corrected chi connectivity index (χ4v) is 4.82. The van der Waals surface area contributed by atoms with Gasteiger partial charge in [0.2, 0.25) is 5.88 Å². The molecule has 2 N–H and O–H groups in total. The average Bonchev–Trinajstić information content (AvgIpc) is 3.35. The van der Waals surface area contributed by atoms with Crippen molar-refractivity contribution in [2.75, 3.05) is 56.5 Å². The molecule has 0 atom stereocenters. The Morgan fingerprint density at radius 2 is 1.88 bits per heavy atom. The van der Waals surface area contributed by atoms with E-state index in [0.717, 1.165) is 38.4 Å². The van der Waals surface area contributed by atoms with Crippen molar-refractivity contribution >= 4 is 34.0 Å². The number of ether oxygens (including phenoxy) is 1. The minimum Gasteiger partial charge on any atom is -0.435 e. The number of hydrogen-bond acceptors (Lipinski definition) is 7. The summed E-state index contributed by atoms with van der Waals surface area (Å²) < 4.78 is 36.4. The number of halogens is 2. The maximum absolute atomic E-state index is 15.3. The molecule has 11 heteroatoms. The molecular formula is C29H33F2N7O2. The smallest absolute Gasteiger partial charge is 0.262 e. The lowest BCUT2D eigenvalue weighted by atomic mass is 10.2. The van der Waals surface area contributed by atoms with Gasteiger partial charge in [0.1, 0.15) is 17.7 Å². The number of rotatable bonds is 8. The summed E-state index contributed by atoms with van der Waals surface area (Å²) in [7, 11) is 1.63. The van der Waals surface area contributed by atoms with E-state index in [1.54, 1.807) is 31.3 Å². The third kappa shape index (κ3) is 5.42. The fraction of sp³-hybridized carbons (Fsp3) is 0.345. The molecule has 3 heterocycles. The van der Waals surface area contributed by atoms with Crippen LogP contribution in [0.25, 0.3) is 10.9 Å². The van der Waals surface area contributed by atoms with Crippen LogP contribution < -0.4 is 15.0 Å². The predicted octanol–water partition coefficient (Wildman–Crippen LogP) is 5.31. The topological polar surface area (TPSA) is 89.6 Å². The Hall–Kier alpha value is -4.25. The van der Waals surface area contributed by atoms with E-state index < -0.39 is 11.7 Å². The number of likely N-dealkylation sites (N-methyl/N-ethyl adjacent to an activating group) is 1. The summed E-state index contributed by atoms with van der Waals surface area (Å²) in [6.07, 6.45) is 1.22. The summed E-state index contributed by atoms with van der Waals surface area (Å²) in [6, 6.07) is 9.71. The first-order valence-corrected chi connectivity index (χ1v) is 13.4. The van der Waals surface area contributed by atoms with Gasteiger partial charge in [0, 0.05) is 62.1 Å². The first kappa shape index (κ1) is 27.3. The van der Waals surface area contributed by atoms with Crippen molar-refractivity contribution in [3.8, 4) is 11.6 Å². The number of carbonyl (C=O) groups is 1. The Bertz CT molecular complexity index is 1530. The highest BCUT2D eigenvalue weighted by atomic mass is 19.1. The van der Waals surface area contributed by atoms with Crippen LogP contribution in [0.1, 0.15) is 29.9 Å². The average molecular weight is 550 g/mol. The van der Waals surface area contributed by atoms with Crippen molar-refractivity contribution in [1.29, 1.82) is 0 Å². The van der Waals surface area contributed by atoms with Crippen molar-refractivity contribution in [3.63, 3.8) is 0 Å². The minimum atomic E-state index is -0.574. The summed E-state index contributed by atoms with van der Waals surface area (Å²) in [5.74, 6) is -1.45. The monoisotopic (exact) mass is 549 g/mol. The number of hydrogen-bond donors (Lipinski definition) is 2. The molecule has 1 fully saturated rings. The first-order valence-electron chi connectivity index (χ1n) is 13.4. The molecule has 5 rings (SSSR count). The van der Waals surface area contributed by atoms with Crippen LogP contribution >= 0.6 is 0 Å². The quantitative estimate of drug-likeness (QED) is 0.308. The van der Waals surface area contributed by atoms with Gasteiger partial charge in [0.15, 0.2) is 17.4 Å². The Kier molecular flexibility index (Phi) is 7.83. The van der Waals surface area contributed by atoms with E-state index in [-0.39, 0.29) is 28.8 Å². The first-order chi connectivity index (χ1) is 19.3. The third-order valence-corrected chi connectivity index (χ3v) is 7.26. The molecule has 2 aromatic heterocycles. The van der Waals surface area contributed by atoms with Crippen LogP contribution in [0.4, 0.5) is 26.0 Å². The lowest BCUT2D eigenvalue weighted by Crippen LogP contribution is -2.46. The van der Waals surface area contributed by atoms with E-state index >= 15 is 8.78 Å². The molecule has 2 aromatic carbocycles. The molecule has 4 aromatic rings. The van der Waals surface area contributed by atoms with Crippen molar-refractivity contribution in [2.24, 2.45) is 0 Å². The van der Waals surface area contributed by atoms with Crippen LogP contribution in [0.2, 0.25) is 0 Å². The van der Waals surface area contributed by atoms with Gasteiger partial charge >= 0.3 is 0 Å². The lowest BCUT2D eigenvalue weighted by molar-refractivity contribution is 0.0799. The number of carbonyl (C=O) groups excluding carboxylic acids is 1. The number of nitrogens with zero attached hydrogens (tertiary/aromatic N) is 5. The molecule has 0 aliphatic carbocycles. The van der Waals surface area contributed by atoms with Crippen LogP contribution in [-0.2, 0) is 0 Å². The van der Waals surface area contributed by atoms with E-state index in [2.05, 4.69) is 32.1 Å². The van der Waals surface area contributed by atoms with Gasteiger partial charge in [-0.15, -0.1) is 0 Å². The van der Waals surface area contributed by atoms with E-state index in [4.69, 9.17) is 4.74 Å². The zero-order valence-corrected chi connectivity index (χ0v) is 23.1. The van der Waals surface area contributed by atoms with E-state index in [0.29, 0.717) is 28.8 Å². The number of aromatic amines is 1. The SMILES string of the molecule is CCN1CCN(c2ccc(Nc3ncnc(Oc4ccc5[nH]c(C)cc5c4F)c3C(=O)N(C)CC)cc2F)CC1. The van der Waals surface area contributed by atoms with Crippen LogP contribution in [0.15, 0.2) is 42.7 Å². The molecule has 0 unspecified atom stereocenters. The second-order valence-electron chi connectivity index (χ2n) is 9.83. The number of aryl methyl sites for hydroxylation is 1. The van der Waals surface area contributed by atoms with Gasteiger partial charge in [-0.25, -0.2) is 18.7 Å². The third-order valence-electron chi connectivity index (χ3n) is 7.26. The summed E-state index contributed by atoms with van der Waals surface area (Å²) in [4.78, 5) is 30.8. The number of piperazine rings is 1. The molecule has 1 amide bonds. The Morgan fingerprint density at radius 3 is 2.58 bits per heavy atom. The maximum atomic E-state index is 15.3. The molecule has 0 saturated carbocycles. The molecule has 210 valence electrons. The zero-order valence-electron chi connectivity index (χ0n) is 23.1. The summed E-state index contributed by atoms with van der Waals surface area (Å²) in [5, 5.41) is 3.42. The number of benzene rings is 2. The van der Waals surface area contributed by atoms with E-state index in [9.17, 15) is 4.79 Å². The van der Waals surface area contributed by atoms with Gasteiger partial charge in [-0.2, -0.15) is 0 Å². The molecule has 1 aliphatic heterocycles. The number of nitrogens with one attached hydrogen (secondary N) is 2. The van der Waals surface area contributed by atoms with Crippen molar-refractivity contribution in [1.82, 2.24) is 24.8 Å².